The maximum Gasteiger partial charge on any atom is 0.449 e. The smallest absolute Gasteiger partial charge is 0.449 e. The van der Waals surface area contributed by atoms with Crippen LogP contribution in [-0.2, 0) is 28.7 Å². The first-order chi connectivity index (χ1) is 12.8. The number of furan rings is 1. The van der Waals surface area contributed by atoms with Gasteiger partial charge in [-0.2, -0.15) is 13.2 Å². The monoisotopic (exact) mass is 400 g/mol. The zero-order chi connectivity index (χ0) is 19.2. The topological polar surface area (TPSA) is 55.6 Å². The third-order valence-corrected chi connectivity index (χ3v) is 6.37. The number of nitrogens with zero attached hydrogens (tertiary/aromatic N) is 2. The number of hydrogen-bond acceptors (Lipinski definition) is 6. The summed E-state index contributed by atoms with van der Waals surface area (Å²) in [6.07, 6.45) is -1.69. The highest BCUT2D eigenvalue weighted by Gasteiger charge is 2.60. The molecule has 2 aliphatic rings. The van der Waals surface area contributed by atoms with E-state index in [1.165, 1.54) is 24.5 Å². The van der Waals surface area contributed by atoms with Gasteiger partial charge in [0.25, 0.3) is 0 Å². The zero-order valence-corrected chi connectivity index (χ0v) is 15.5. The number of alkyl halides is 3. The Morgan fingerprint density at radius 3 is 2.89 bits per heavy atom. The lowest BCUT2D eigenvalue weighted by Gasteiger charge is -2.34. The molecule has 0 amide bonds. The molecule has 4 rings (SSSR count). The van der Waals surface area contributed by atoms with Gasteiger partial charge < -0.3 is 9.15 Å². The second kappa shape index (κ2) is 6.63. The number of thiazole rings is 1. The number of rotatable bonds is 5. The number of hydrogen-bond donors (Lipinski definition) is 0. The number of esters is 1. The normalized spacial score (nSPS) is 28.0. The van der Waals surface area contributed by atoms with Gasteiger partial charge in [0.1, 0.15) is 5.76 Å². The summed E-state index contributed by atoms with van der Waals surface area (Å²) in [5.41, 5.74) is 1.85. The van der Waals surface area contributed by atoms with Crippen molar-refractivity contribution in [3.63, 3.8) is 0 Å². The first-order valence-electron chi connectivity index (χ1n) is 8.70. The molecule has 0 spiro atoms. The van der Waals surface area contributed by atoms with Gasteiger partial charge in [-0.25, -0.2) is 4.98 Å². The number of carbonyl (C=O) groups is 1. The van der Waals surface area contributed by atoms with Gasteiger partial charge in [0, 0.05) is 23.9 Å². The van der Waals surface area contributed by atoms with Gasteiger partial charge in [-0.1, -0.05) is 0 Å². The van der Waals surface area contributed by atoms with Crippen LogP contribution in [0, 0.1) is 5.41 Å². The number of methoxy groups -OCH3 is 1. The van der Waals surface area contributed by atoms with E-state index >= 15 is 0 Å². The molecule has 2 saturated heterocycles. The molecule has 0 unspecified atom stereocenters. The van der Waals surface area contributed by atoms with Crippen LogP contribution >= 0.6 is 11.3 Å². The van der Waals surface area contributed by atoms with Crippen molar-refractivity contribution in [2.45, 2.75) is 50.5 Å². The minimum atomic E-state index is -4.50. The van der Waals surface area contributed by atoms with Gasteiger partial charge in [-0.3, -0.25) is 9.69 Å². The summed E-state index contributed by atoms with van der Waals surface area (Å²) >= 11 is 1.47. The molecule has 0 aliphatic carbocycles. The Morgan fingerprint density at radius 2 is 2.26 bits per heavy atom. The minimum Gasteiger partial charge on any atom is -0.469 e. The lowest BCUT2D eigenvalue weighted by Crippen LogP contribution is -2.45. The number of halogens is 3. The minimum absolute atomic E-state index is 0.101. The number of fused-ring (bicyclic) bond motifs is 2. The summed E-state index contributed by atoms with van der Waals surface area (Å²) in [4.78, 5) is 19.2. The maximum atomic E-state index is 12.8. The first-order valence-corrected chi connectivity index (χ1v) is 9.65. The van der Waals surface area contributed by atoms with Crippen LogP contribution in [0.5, 0.6) is 0 Å². The summed E-state index contributed by atoms with van der Waals surface area (Å²) in [6, 6.07) is 2.33. The highest BCUT2D eigenvalue weighted by Crippen LogP contribution is 2.52. The summed E-state index contributed by atoms with van der Waals surface area (Å²) in [7, 11) is 1.38. The molecule has 0 saturated carbocycles. The van der Waals surface area contributed by atoms with Gasteiger partial charge in [-0.15, -0.1) is 11.3 Å². The highest BCUT2D eigenvalue weighted by atomic mass is 32.1. The quantitative estimate of drug-likeness (QED) is 0.713. The number of ether oxygens (including phenoxy) is 1. The van der Waals surface area contributed by atoms with E-state index in [0.717, 1.165) is 24.6 Å². The van der Waals surface area contributed by atoms with Crippen molar-refractivity contribution in [2.24, 2.45) is 5.41 Å². The van der Waals surface area contributed by atoms with Gasteiger partial charge in [0.05, 0.1) is 30.3 Å². The summed E-state index contributed by atoms with van der Waals surface area (Å²) in [5.74, 6) is -1.01. The molecule has 5 nitrogen and oxygen atoms in total. The Labute approximate surface area is 158 Å². The lowest BCUT2D eigenvalue weighted by molar-refractivity contribution is -0.155. The third-order valence-electron chi connectivity index (χ3n) is 5.73. The van der Waals surface area contributed by atoms with Crippen molar-refractivity contribution in [1.29, 1.82) is 0 Å². The first kappa shape index (κ1) is 18.5. The maximum absolute atomic E-state index is 12.8. The lowest BCUT2D eigenvalue weighted by atomic mass is 9.71. The van der Waals surface area contributed by atoms with Crippen LogP contribution in [0.2, 0.25) is 0 Å². The molecular weight excluding hydrogens is 381 g/mol. The van der Waals surface area contributed by atoms with Crippen LogP contribution in [-0.4, -0.2) is 35.0 Å². The molecule has 2 aromatic heterocycles. The Kier molecular flexibility index (Phi) is 4.54. The summed E-state index contributed by atoms with van der Waals surface area (Å²) in [6.45, 7) is 0.251. The summed E-state index contributed by atoms with van der Waals surface area (Å²) < 4.78 is 48.5. The Bertz CT molecular complexity index is 820. The molecule has 3 atom stereocenters. The molecule has 2 bridgehead atoms. The van der Waals surface area contributed by atoms with E-state index in [2.05, 4.69) is 9.88 Å². The van der Waals surface area contributed by atoms with Crippen molar-refractivity contribution in [3.05, 3.63) is 40.2 Å². The van der Waals surface area contributed by atoms with Crippen LogP contribution in [0.1, 0.15) is 36.5 Å². The molecule has 0 aromatic carbocycles. The molecule has 146 valence electrons. The van der Waals surface area contributed by atoms with Gasteiger partial charge in [0.15, 0.2) is 0 Å². The second-order valence-electron chi connectivity index (χ2n) is 7.19. The predicted molar refractivity (Wildman–Crippen MR) is 90.9 cm³/mol. The van der Waals surface area contributed by atoms with E-state index in [0.29, 0.717) is 12.8 Å². The largest absolute Gasteiger partial charge is 0.469 e. The molecular formula is C18H19F3N2O3S. The number of carbonyl (C=O) groups excluding carboxylic acids is 1. The SMILES string of the molecule is COC(=O)[C@@]1(Cc2cscn2)C[C@H]2CC[C@@H]1N2Cc1ccc(C(F)(F)F)o1. The van der Waals surface area contributed by atoms with Crippen molar-refractivity contribution in [3.8, 4) is 0 Å². The second-order valence-corrected chi connectivity index (χ2v) is 7.91. The van der Waals surface area contributed by atoms with E-state index in [1.54, 1.807) is 5.51 Å². The van der Waals surface area contributed by atoms with Crippen LogP contribution in [0.4, 0.5) is 13.2 Å². The molecule has 2 aliphatic heterocycles. The average molecular weight is 400 g/mol. The fourth-order valence-electron chi connectivity index (χ4n) is 4.67. The van der Waals surface area contributed by atoms with Crippen molar-refractivity contribution in [2.75, 3.05) is 7.11 Å². The molecule has 2 fully saturated rings. The van der Waals surface area contributed by atoms with Gasteiger partial charge >= 0.3 is 12.1 Å². The Balaban J connectivity index is 1.59. The van der Waals surface area contributed by atoms with E-state index in [-0.39, 0.29) is 30.4 Å². The van der Waals surface area contributed by atoms with E-state index in [9.17, 15) is 18.0 Å². The van der Waals surface area contributed by atoms with Crippen LogP contribution in [0.25, 0.3) is 0 Å². The van der Waals surface area contributed by atoms with Gasteiger partial charge in [-0.05, 0) is 31.4 Å². The Morgan fingerprint density at radius 1 is 1.44 bits per heavy atom. The average Bonchev–Trinajstić information content (AvgIpc) is 3.39. The Hall–Kier alpha value is -1.87. The fraction of sp³-hybridized carbons (Fsp3) is 0.556. The van der Waals surface area contributed by atoms with E-state index in [1.807, 2.05) is 5.38 Å². The molecule has 9 heteroatoms. The molecule has 0 radical (unpaired) electrons. The molecule has 27 heavy (non-hydrogen) atoms. The van der Waals surface area contributed by atoms with E-state index in [4.69, 9.17) is 9.15 Å². The van der Waals surface area contributed by atoms with Crippen molar-refractivity contribution < 1.29 is 27.1 Å². The van der Waals surface area contributed by atoms with Crippen LogP contribution < -0.4 is 0 Å². The van der Waals surface area contributed by atoms with Crippen molar-refractivity contribution >= 4 is 17.3 Å². The van der Waals surface area contributed by atoms with Gasteiger partial charge in [0.2, 0.25) is 5.76 Å². The van der Waals surface area contributed by atoms with Crippen LogP contribution in [0.15, 0.2) is 27.4 Å². The highest BCUT2D eigenvalue weighted by molar-refractivity contribution is 7.07. The fourth-order valence-corrected chi connectivity index (χ4v) is 5.23. The predicted octanol–water partition coefficient (Wildman–Crippen LogP) is 3.89. The molecule has 0 N–H and O–H groups in total. The molecule has 4 heterocycles. The third kappa shape index (κ3) is 3.16. The number of aromatic nitrogens is 1. The van der Waals surface area contributed by atoms with Crippen LogP contribution in [0.3, 0.4) is 0 Å². The summed E-state index contributed by atoms with van der Waals surface area (Å²) in [5, 5.41) is 1.92. The van der Waals surface area contributed by atoms with E-state index < -0.39 is 17.4 Å². The van der Waals surface area contributed by atoms with Crippen molar-refractivity contribution in [1.82, 2.24) is 9.88 Å². The standard InChI is InChI=1S/C18H19F3N2O3S/c1-25-16(24)17(6-11-9-27-10-22-11)7-12-2-4-14(17)23(12)8-13-3-5-15(26-13)18(19,20)21/h3,5,9-10,12,14H,2,4,6-8H2,1H3/t12-,14+,17+/m1/s1. The molecule has 2 aromatic rings. The zero-order valence-electron chi connectivity index (χ0n) is 14.7.